The first-order valence-electron chi connectivity index (χ1n) is 7.73. The molecule has 0 heterocycles. The normalized spacial score (nSPS) is 11.6. The fourth-order valence-corrected chi connectivity index (χ4v) is 2.46. The third-order valence-corrected chi connectivity index (χ3v) is 4.16. The highest BCUT2D eigenvalue weighted by atomic mass is 35.5. The van der Waals surface area contributed by atoms with Crippen molar-refractivity contribution in [1.82, 2.24) is 0 Å². The van der Waals surface area contributed by atoms with E-state index in [-0.39, 0.29) is 24.9 Å². The first-order chi connectivity index (χ1) is 11.5. The lowest BCUT2D eigenvalue weighted by Crippen LogP contribution is -2.21. The first-order valence-corrected chi connectivity index (χ1v) is 8.10. The third kappa shape index (κ3) is 5.10. The van der Waals surface area contributed by atoms with Crippen LogP contribution in [-0.4, -0.2) is 18.5 Å². The molecule has 0 bridgehead atoms. The summed E-state index contributed by atoms with van der Waals surface area (Å²) in [5, 5.41) is 3.26. The van der Waals surface area contributed by atoms with Crippen LogP contribution in [0.5, 0.6) is 0 Å². The summed E-state index contributed by atoms with van der Waals surface area (Å²) in [4.78, 5) is 23.8. The first kappa shape index (κ1) is 18.0. The molecule has 0 saturated carbocycles. The van der Waals surface area contributed by atoms with E-state index in [1.54, 1.807) is 18.2 Å². The highest BCUT2D eigenvalue weighted by molar-refractivity contribution is 6.31. The van der Waals surface area contributed by atoms with E-state index in [0.29, 0.717) is 10.7 Å². The average Bonchev–Trinajstić information content (AvgIpc) is 2.58. The van der Waals surface area contributed by atoms with Crippen LogP contribution in [0.1, 0.15) is 30.4 Å². The van der Waals surface area contributed by atoms with Gasteiger partial charge in [0, 0.05) is 10.7 Å². The molecule has 0 aliphatic rings. The predicted octanol–water partition coefficient (Wildman–Crippen LogP) is 4.32. The summed E-state index contributed by atoms with van der Waals surface area (Å²) in [5.41, 5.74) is 2.45. The van der Waals surface area contributed by atoms with Crippen molar-refractivity contribution < 1.29 is 14.3 Å². The Morgan fingerprint density at radius 1 is 1.12 bits per heavy atom. The van der Waals surface area contributed by atoms with Crippen molar-refractivity contribution in [2.75, 3.05) is 11.9 Å². The van der Waals surface area contributed by atoms with E-state index in [1.807, 2.05) is 44.2 Å². The van der Waals surface area contributed by atoms with Gasteiger partial charge in [-0.2, -0.15) is 0 Å². The maximum absolute atomic E-state index is 11.9. The molecule has 0 saturated heterocycles. The highest BCUT2D eigenvalue weighted by Gasteiger charge is 2.14. The van der Waals surface area contributed by atoms with Gasteiger partial charge < -0.3 is 10.1 Å². The summed E-state index contributed by atoms with van der Waals surface area (Å²) < 4.78 is 5.05. The Hall–Kier alpha value is -2.33. The number of anilines is 1. The van der Waals surface area contributed by atoms with Gasteiger partial charge in [0.15, 0.2) is 6.61 Å². The van der Waals surface area contributed by atoms with Crippen molar-refractivity contribution >= 4 is 29.2 Å². The van der Waals surface area contributed by atoms with Crippen LogP contribution in [0.4, 0.5) is 5.69 Å². The van der Waals surface area contributed by atoms with Gasteiger partial charge in [-0.1, -0.05) is 54.9 Å². The average molecular weight is 346 g/mol. The molecule has 126 valence electrons. The van der Waals surface area contributed by atoms with Crippen LogP contribution in [-0.2, 0) is 14.3 Å². The molecule has 0 aliphatic heterocycles. The molecule has 1 atom stereocenters. The molecule has 2 aromatic carbocycles. The van der Waals surface area contributed by atoms with Crippen LogP contribution >= 0.6 is 11.6 Å². The number of halogens is 1. The molecular formula is C19H20ClNO3. The van der Waals surface area contributed by atoms with Crippen LogP contribution in [0.15, 0.2) is 48.5 Å². The minimum Gasteiger partial charge on any atom is -0.456 e. The molecule has 0 aromatic heterocycles. The number of carbonyl (C=O) groups excluding carboxylic acids is 2. The van der Waals surface area contributed by atoms with Crippen molar-refractivity contribution in [3.05, 3.63) is 64.7 Å². The Morgan fingerprint density at radius 2 is 1.83 bits per heavy atom. The SMILES string of the molecule is Cc1c(Cl)cccc1NC(=O)COC(=O)C[C@H](C)c1ccccc1. The van der Waals surface area contributed by atoms with Gasteiger partial charge in [-0.15, -0.1) is 0 Å². The fraction of sp³-hybridized carbons (Fsp3) is 0.263. The number of hydrogen-bond donors (Lipinski definition) is 1. The molecule has 0 spiro atoms. The van der Waals surface area contributed by atoms with Gasteiger partial charge in [0.1, 0.15) is 0 Å². The summed E-state index contributed by atoms with van der Waals surface area (Å²) in [5.74, 6) is -0.748. The van der Waals surface area contributed by atoms with Gasteiger partial charge in [-0.25, -0.2) is 0 Å². The van der Waals surface area contributed by atoms with Gasteiger partial charge in [0.25, 0.3) is 5.91 Å². The summed E-state index contributed by atoms with van der Waals surface area (Å²) in [6, 6.07) is 15.0. The van der Waals surface area contributed by atoms with Gasteiger partial charge in [-0.05, 0) is 36.1 Å². The predicted molar refractivity (Wildman–Crippen MR) is 95.3 cm³/mol. The lowest BCUT2D eigenvalue weighted by atomic mass is 9.98. The molecule has 4 nitrogen and oxygen atoms in total. The zero-order chi connectivity index (χ0) is 17.5. The molecule has 1 amide bonds. The van der Waals surface area contributed by atoms with Crippen molar-refractivity contribution in [2.24, 2.45) is 0 Å². The molecular weight excluding hydrogens is 326 g/mol. The summed E-state index contributed by atoms with van der Waals surface area (Å²) in [6.07, 6.45) is 0.230. The minimum absolute atomic E-state index is 0.0388. The second kappa shape index (κ2) is 8.50. The van der Waals surface area contributed by atoms with E-state index in [0.717, 1.165) is 11.1 Å². The van der Waals surface area contributed by atoms with Crippen LogP contribution in [0.25, 0.3) is 0 Å². The smallest absolute Gasteiger partial charge is 0.306 e. The number of hydrogen-bond acceptors (Lipinski definition) is 3. The molecule has 0 unspecified atom stereocenters. The number of esters is 1. The summed E-state index contributed by atoms with van der Waals surface area (Å²) in [7, 11) is 0. The summed E-state index contributed by atoms with van der Waals surface area (Å²) in [6.45, 7) is 3.45. The molecule has 2 rings (SSSR count). The van der Waals surface area contributed by atoms with E-state index in [4.69, 9.17) is 16.3 Å². The number of carbonyl (C=O) groups is 2. The van der Waals surface area contributed by atoms with Crippen molar-refractivity contribution in [2.45, 2.75) is 26.2 Å². The van der Waals surface area contributed by atoms with E-state index in [1.165, 1.54) is 0 Å². The Kier molecular flexibility index (Phi) is 6.38. The van der Waals surface area contributed by atoms with Gasteiger partial charge in [-0.3, -0.25) is 9.59 Å². The van der Waals surface area contributed by atoms with Crippen LogP contribution < -0.4 is 5.32 Å². The summed E-state index contributed by atoms with van der Waals surface area (Å²) >= 11 is 6.00. The molecule has 0 aliphatic carbocycles. The Balaban J connectivity index is 1.81. The fourth-order valence-electron chi connectivity index (χ4n) is 2.28. The third-order valence-electron chi connectivity index (χ3n) is 3.75. The maximum atomic E-state index is 11.9. The molecule has 24 heavy (non-hydrogen) atoms. The molecule has 0 fully saturated rings. The number of rotatable bonds is 6. The van der Waals surface area contributed by atoms with Crippen LogP contribution in [0, 0.1) is 6.92 Å². The quantitative estimate of drug-likeness (QED) is 0.793. The largest absolute Gasteiger partial charge is 0.456 e. The lowest BCUT2D eigenvalue weighted by Gasteiger charge is -2.12. The van der Waals surface area contributed by atoms with Crippen LogP contribution in [0.2, 0.25) is 5.02 Å². The van der Waals surface area contributed by atoms with Crippen molar-refractivity contribution in [1.29, 1.82) is 0 Å². The van der Waals surface area contributed by atoms with E-state index < -0.39 is 5.97 Å². The van der Waals surface area contributed by atoms with Gasteiger partial charge in [0.2, 0.25) is 0 Å². The zero-order valence-corrected chi connectivity index (χ0v) is 14.5. The number of ether oxygens (including phenoxy) is 1. The van der Waals surface area contributed by atoms with Crippen LogP contribution in [0.3, 0.4) is 0 Å². The molecule has 5 heteroatoms. The standard InChI is InChI=1S/C19H20ClNO3/c1-13(15-7-4-3-5-8-15)11-19(23)24-12-18(22)21-17-10-6-9-16(20)14(17)2/h3-10,13H,11-12H2,1-2H3,(H,21,22)/t13-/m0/s1. The minimum atomic E-state index is -0.399. The topological polar surface area (TPSA) is 55.4 Å². The van der Waals surface area contributed by atoms with E-state index in [9.17, 15) is 9.59 Å². The maximum Gasteiger partial charge on any atom is 0.306 e. The zero-order valence-electron chi connectivity index (χ0n) is 13.7. The highest BCUT2D eigenvalue weighted by Crippen LogP contribution is 2.23. The number of amides is 1. The molecule has 1 N–H and O–H groups in total. The Morgan fingerprint density at radius 3 is 2.54 bits per heavy atom. The van der Waals surface area contributed by atoms with Gasteiger partial charge in [0.05, 0.1) is 6.42 Å². The Labute approximate surface area is 146 Å². The second-order valence-corrected chi connectivity index (χ2v) is 6.04. The molecule has 2 aromatic rings. The van der Waals surface area contributed by atoms with Crippen molar-refractivity contribution in [3.63, 3.8) is 0 Å². The molecule has 0 radical (unpaired) electrons. The van der Waals surface area contributed by atoms with E-state index >= 15 is 0 Å². The number of nitrogens with one attached hydrogen (secondary N) is 1. The van der Waals surface area contributed by atoms with Gasteiger partial charge >= 0.3 is 5.97 Å². The Bertz CT molecular complexity index is 716. The monoisotopic (exact) mass is 345 g/mol. The lowest BCUT2D eigenvalue weighted by molar-refractivity contribution is -0.147. The number of benzene rings is 2. The second-order valence-electron chi connectivity index (χ2n) is 5.64. The van der Waals surface area contributed by atoms with Crippen molar-refractivity contribution in [3.8, 4) is 0 Å². The van der Waals surface area contributed by atoms with E-state index in [2.05, 4.69) is 5.32 Å².